The molecular weight excluding hydrogens is 188 g/mol. The first-order valence-corrected chi connectivity index (χ1v) is 5.42. The predicted octanol–water partition coefficient (Wildman–Crippen LogP) is 1.38. The van der Waals surface area contributed by atoms with Crippen LogP contribution in [0.4, 0.5) is 0 Å². The Labute approximate surface area is 80.3 Å². The molecule has 0 heterocycles. The Balaban J connectivity index is 2.17. The van der Waals surface area contributed by atoms with E-state index in [0.29, 0.717) is 13.2 Å². The molecule has 0 aromatic heterocycles. The van der Waals surface area contributed by atoms with Crippen molar-refractivity contribution in [2.45, 2.75) is 0 Å². The second kappa shape index (κ2) is 5.72. The van der Waals surface area contributed by atoms with Crippen LogP contribution in [0, 0.1) is 0 Å². The Morgan fingerprint density at radius 1 is 1.23 bits per heavy atom. The van der Waals surface area contributed by atoms with Crippen molar-refractivity contribution in [3.8, 4) is 5.75 Å². The summed E-state index contributed by atoms with van der Waals surface area (Å²) in [5, 5.41) is 0. The van der Waals surface area contributed by atoms with Gasteiger partial charge in [-0.1, -0.05) is 18.2 Å². The molecular formula is C9H12O3S. The van der Waals surface area contributed by atoms with E-state index in [1.54, 1.807) is 0 Å². The Kier molecular flexibility index (Phi) is 4.49. The molecule has 13 heavy (non-hydrogen) atoms. The third-order valence-electron chi connectivity index (χ3n) is 1.34. The predicted molar refractivity (Wildman–Crippen MR) is 52.0 cm³/mol. The molecule has 4 heteroatoms. The molecule has 0 amide bonds. The number of para-hydroxylation sites is 1. The number of benzene rings is 1. The van der Waals surface area contributed by atoms with Gasteiger partial charge in [0, 0.05) is 6.26 Å². The lowest BCUT2D eigenvalue weighted by molar-refractivity contribution is 0.231. The van der Waals surface area contributed by atoms with Gasteiger partial charge in [0.2, 0.25) is 0 Å². The normalized spacial score (nSPS) is 12.4. The summed E-state index contributed by atoms with van der Waals surface area (Å²) in [4.78, 5) is 0. The molecule has 0 N–H and O–H groups in total. The Hall–Kier alpha value is -0.870. The van der Waals surface area contributed by atoms with Crippen LogP contribution >= 0.6 is 0 Å². The number of hydrogen-bond acceptors (Lipinski definition) is 3. The van der Waals surface area contributed by atoms with Crippen LogP contribution in [0.3, 0.4) is 0 Å². The molecule has 1 aromatic carbocycles. The van der Waals surface area contributed by atoms with E-state index in [1.165, 1.54) is 6.26 Å². The van der Waals surface area contributed by atoms with Crippen LogP contribution in [0.1, 0.15) is 0 Å². The molecule has 1 unspecified atom stereocenters. The number of rotatable bonds is 5. The van der Waals surface area contributed by atoms with Gasteiger partial charge < -0.3 is 4.74 Å². The zero-order valence-electron chi connectivity index (χ0n) is 7.43. The highest BCUT2D eigenvalue weighted by molar-refractivity contribution is 7.79. The maximum Gasteiger partial charge on any atom is 0.152 e. The molecule has 0 spiro atoms. The fourth-order valence-corrected chi connectivity index (χ4v) is 1.13. The van der Waals surface area contributed by atoms with Crippen LogP contribution in [0.15, 0.2) is 30.3 Å². The van der Waals surface area contributed by atoms with Gasteiger partial charge in [-0.05, 0) is 12.1 Å². The molecule has 0 saturated carbocycles. The van der Waals surface area contributed by atoms with Crippen molar-refractivity contribution in [1.82, 2.24) is 0 Å². The summed E-state index contributed by atoms with van der Waals surface area (Å²) in [6.07, 6.45) is 1.49. The fourth-order valence-electron chi connectivity index (χ4n) is 0.828. The van der Waals surface area contributed by atoms with E-state index >= 15 is 0 Å². The summed E-state index contributed by atoms with van der Waals surface area (Å²) < 4.78 is 20.6. The van der Waals surface area contributed by atoms with E-state index in [2.05, 4.69) is 0 Å². The second-order valence-corrected chi connectivity index (χ2v) is 3.42. The molecule has 72 valence electrons. The molecule has 0 saturated heterocycles. The van der Waals surface area contributed by atoms with Gasteiger partial charge in [0.15, 0.2) is 11.1 Å². The van der Waals surface area contributed by atoms with Crippen LogP contribution in [0.5, 0.6) is 5.75 Å². The average molecular weight is 200 g/mol. The summed E-state index contributed by atoms with van der Waals surface area (Å²) in [5.41, 5.74) is 0. The molecule has 1 rings (SSSR count). The number of ether oxygens (including phenoxy) is 1. The van der Waals surface area contributed by atoms with Gasteiger partial charge in [0.05, 0.1) is 6.61 Å². The monoisotopic (exact) mass is 200 g/mol. The van der Waals surface area contributed by atoms with E-state index in [0.717, 1.165) is 5.75 Å². The van der Waals surface area contributed by atoms with Crippen LogP contribution in [0.25, 0.3) is 0 Å². The minimum Gasteiger partial charge on any atom is -0.491 e. The Morgan fingerprint density at radius 2 is 1.92 bits per heavy atom. The van der Waals surface area contributed by atoms with Crippen LogP contribution in [-0.2, 0) is 15.3 Å². The highest BCUT2D eigenvalue weighted by Crippen LogP contribution is 2.07. The lowest BCUT2D eigenvalue weighted by Crippen LogP contribution is -2.07. The van der Waals surface area contributed by atoms with Crippen LogP contribution < -0.4 is 4.74 Å². The van der Waals surface area contributed by atoms with Gasteiger partial charge in [-0.2, -0.15) is 0 Å². The van der Waals surface area contributed by atoms with Crippen LogP contribution in [-0.4, -0.2) is 23.7 Å². The third-order valence-corrected chi connectivity index (χ3v) is 1.84. The number of hydrogen-bond donors (Lipinski definition) is 0. The van der Waals surface area contributed by atoms with Crippen molar-refractivity contribution >= 4 is 11.1 Å². The van der Waals surface area contributed by atoms with Gasteiger partial charge >= 0.3 is 0 Å². The van der Waals surface area contributed by atoms with E-state index in [-0.39, 0.29) is 0 Å². The maximum atomic E-state index is 10.5. The highest BCUT2D eigenvalue weighted by Gasteiger charge is 1.93. The highest BCUT2D eigenvalue weighted by atomic mass is 32.2. The summed E-state index contributed by atoms with van der Waals surface area (Å²) in [6.45, 7) is 0.765. The Bertz CT molecular complexity index is 261. The lowest BCUT2D eigenvalue weighted by atomic mass is 10.3. The second-order valence-electron chi connectivity index (χ2n) is 2.38. The van der Waals surface area contributed by atoms with E-state index < -0.39 is 11.1 Å². The largest absolute Gasteiger partial charge is 0.491 e. The van der Waals surface area contributed by atoms with Gasteiger partial charge in [-0.3, -0.25) is 4.18 Å². The zero-order valence-corrected chi connectivity index (χ0v) is 8.25. The molecule has 0 bridgehead atoms. The van der Waals surface area contributed by atoms with Gasteiger partial charge in [-0.25, -0.2) is 4.21 Å². The molecule has 0 aliphatic heterocycles. The standard InChI is InChI=1S/C9H12O3S/c1-13(10)12-8-7-11-9-5-3-2-4-6-9/h2-6H,7-8H2,1H3. The van der Waals surface area contributed by atoms with Gasteiger partial charge in [0.25, 0.3) is 0 Å². The van der Waals surface area contributed by atoms with Crippen molar-refractivity contribution in [3.05, 3.63) is 30.3 Å². The van der Waals surface area contributed by atoms with Crippen molar-refractivity contribution < 1.29 is 13.1 Å². The molecule has 0 radical (unpaired) electrons. The molecule has 0 aliphatic rings. The SMILES string of the molecule is CS(=O)OCCOc1ccccc1. The maximum absolute atomic E-state index is 10.5. The van der Waals surface area contributed by atoms with Gasteiger partial charge in [-0.15, -0.1) is 0 Å². The molecule has 1 aromatic rings. The molecule has 0 aliphatic carbocycles. The van der Waals surface area contributed by atoms with Crippen molar-refractivity contribution in [2.75, 3.05) is 19.5 Å². The summed E-state index contributed by atoms with van der Waals surface area (Å²) in [6, 6.07) is 9.44. The molecule has 0 fully saturated rings. The minimum atomic E-state index is -1.20. The van der Waals surface area contributed by atoms with Crippen LogP contribution in [0.2, 0.25) is 0 Å². The molecule has 3 nitrogen and oxygen atoms in total. The first-order valence-electron chi connectivity index (χ1n) is 3.93. The summed E-state index contributed by atoms with van der Waals surface area (Å²) >= 11 is -1.20. The summed E-state index contributed by atoms with van der Waals surface area (Å²) in [5.74, 6) is 0.799. The summed E-state index contributed by atoms with van der Waals surface area (Å²) in [7, 11) is 0. The smallest absolute Gasteiger partial charge is 0.152 e. The zero-order chi connectivity index (χ0) is 9.52. The van der Waals surface area contributed by atoms with Crippen molar-refractivity contribution in [1.29, 1.82) is 0 Å². The minimum absolute atomic E-state index is 0.345. The quantitative estimate of drug-likeness (QED) is 0.673. The Morgan fingerprint density at radius 3 is 2.54 bits per heavy atom. The van der Waals surface area contributed by atoms with E-state index in [9.17, 15) is 4.21 Å². The molecule has 1 atom stereocenters. The first kappa shape index (κ1) is 10.2. The first-order chi connectivity index (χ1) is 6.29. The lowest BCUT2D eigenvalue weighted by Gasteiger charge is -2.04. The van der Waals surface area contributed by atoms with Crippen molar-refractivity contribution in [2.24, 2.45) is 0 Å². The topological polar surface area (TPSA) is 35.5 Å². The third kappa shape index (κ3) is 4.65. The van der Waals surface area contributed by atoms with Crippen molar-refractivity contribution in [3.63, 3.8) is 0 Å². The average Bonchev–Trinajstić information content (AvgIpc) is 2.14. The van der Waals surface area contributed by atoms with E-state index in [1.807, 2.05) is 30.3 Å². The fraction of sp³-hybridized carbons (Fsp3) is 0.333. The van der Waals surface area contributed by atoms with E-state index in [4.69, 9.17) is 8.92 Å². The van der Waals surface area contributed by atoms with Gasteiger partial charge in [0.1, 0.15) is 12.4 Å².